The molecule has 0 bridgehead atoms. The lowest BCUT2D eigenvalue weighted by atomic mass is 10.1. The second-order valence-electron chi connectivity index (χ2n) is 8.37. The summed E-state index contributed by atoms with van der Waals surface area (Å²) in [6.07, 6.45) is 3.86. The van der Waals surface area contributed by atoms with Gasteiger partial charge < -0.3 is 5.32 Å². The van der Waals surface area contributed by atoms with Crippen molar-refractivity contribution < 1.29 is 13.2 Å². The summed E-state index contributed by atoms with van der Waals surface area (Å²) in [7, 11) is -0.354. The molecule has 0 atom stereocenters. The van der Waals surface area contributed by atoms with Gasteiger partial charge in [0.2, 0.25) is 0 Å². The number of aromatic nitrogens is 3. The molecule has 1 saturated heterocycles. The lowest BCUT2D eigenvalue weighted by molar-refractivity contribution is 0.146. The highest BCUT2D eigenvalue weighted by Crippen LogP contribution is 2.42. The minimum atomic E-state index is -2.85. The molecule has 2 aromatic heterocycles. The van der Waals surface area contributed by atoms with Crippen LogP contribution in [0.3, 0.4) is 0 Å². The van der Waals surface area contributed by atoms with Crippen molar-refractivity contribution >= 4 is 42.0 Å². The molecule has 1 aliphatic carbocycles. The van der Waals surface area contributed by atoms with Crippen LogP contribution < -0.4 is 10.8 Å². The molecule has 1 aliphatic heterocycles. The molecule has 3 aromatic rings. The fourth-order valence-corrected chi connectivity index (χ4v) is 7.55. The van der Waals surface area contributed by atoms with E-state index in [2.05, 4.69) is 25.7 Å². The number of pyridine rings is 1. The topological polar surface area (TPSA) is 53.9 Å². The molecule has 0 spiro atoms. The molecular weight excluding hydrogens is 466 g/mol. The van der Waals surface area contributed by atoms with E-state index in [-0.39, 0.29) is 20.0 Å². The van der Waals surface area contributed by atoms with Gasteiger partial charge in [0, 0.05) is 35.8 Å². The summed E-state index contributed by atoms with van der Waals surface area (Å²) < 4.78 is 43.1. The molecule has 1 aromatic carbocycles. The first kappa shape index (κ1) is 22.8. The maximum Gasteiger partial charge on any atom is 0.266 e. The molecule has 33 heavy (non-hydrogen) atoms. The first-order valence-corrected chi connectivity index (χ1v) is 13.6. The molecule has 5 rings (SSSR count). The van der Waals surface area contributed by atoms with E-state index in [1.165, 1.54) is 25.0 Å². The van der Waals surface area contributed by atoms with E-state index >= 15 is 0 Å². The van der Waals surface area contributed by atoms with Crippen molar-refractivity contribution in [1.29, 1.82) is 0 Å². The molecule has 1 saturated carbocycles. The molecule has 174 valence electrons. The van der Waals surface area contributed by atoms with Gasteiger partial charge in [-0.3, -0.25) is 4.98 Å². The van der Waals surface area contributed by atoms with Crippen molar-refractivity contribution in [1.82, 2.24) is 19.3 Å². The van der Waals surface area contributed by atoms with Crippen molar-refractivity contribution in [3.63, 3.8) is 0 Å². The third-order valence-corrected chi connectivity index (χ3v) is 9.66. The third-order valence-electron chi connectivity index (χ3n) is 5.85. The van der Waals surface area contributed by atoms with Gasteiger partial charge in [-0.1, -0.05) is 38.1 Å². The van der Waals surface area contributed by atoms with Gasteiger partial charge in [0.25, 0.3) is 6.43 Å². The summed E-state index contributed by atoms with van der Waals surface area (Å²) in [5, 5.41) is 4.80. The van der Waals surface area contributed by atoms with Gasteiger partial charge in [-0.05, 0) is 38.2 Å². The van der Waals surface area contributed by atoms with Gasteiger partial charge in [0.05, 0.1) is 22.7 Å². The Labute approximate surface area is 196 Å². The van der Waals surface area contributed by atoms with Crippen molar-refractivity contribution in [2.24, 2.45) is 0 Å². The normalized spacial score (nSPS) is 17.7. The quantitative estimate of drug-likeness (QED) is 0.360. The Morgan fingerprint density at radius 2 is 2.00 bits per heavy atom. The van der Waals surface area contributed by atoms with E-state index in [0.717, 1.165) is 47.6 Å². The highest BCUT2D eigenvalue weighted by molar-refractivity contribution is 7.97. The van der Waals surface area contributed by atoms with E-state index in [9.17, 15) is 13.2 Å². The number of hydrogen-bond acceptors (Lipinski definition) is 6. The predicted octanol–water partition coefficient (Wildman–Crippen LogP) is 5.26. The number of alkyl halides is 2. The molecule has 3 heterocycles. The van der Waals surface area contributed by atoms with Crippen LogP contribution in [0.5, 0.6) is 0 Å². The van der Waals surface area contributed by atoms with Crippen LogP contribution in [0.25, 0.3) is 10.9 Å². The number of nitrogens with zero attached hydrogens (tertiary/aromatic N) is 4. The maximum absolute atomic E-state index is 14.5. The Balaban J connectivity index is 1.36. The monoisotopic (exact) mass is 491 g/mol. The Hall–Kier alpha value is -1.96. The lowest BCUT2D eigenvalue weighted by Crippen LogP contribution is -2.31. The summed E-state index contributed by atoms with van der Waals surface area (Å²) >= 11 is 2.01. The average molecular weight is 492 g/mol. The summed E-state index contributed by atoms with van der Waals surface area (Å²) in [4.78, 5) is 13.7. The number of benzene rings is 1. The average Bonchev–Trinajstić information content (AvgIpc) is 3.62. The van der Waals surface area contributed by atoms with Crippen LogP contribution in [-0.4, -0.2) is 49.9 Å². The number of fused-ring (bicyclic) bond motifs is 1. The number of halogens is 3. The largest absolute Gasteiger partial charge is 0.365 e. The number of hydrogen-bond donors (Lipinski definition) is 1. The minimum absolute atomic E-state index is 0.0533. The number of aryl methyl sites for hydroxylation is 1. The molecule has 5 nitrogen and oxygen atoms in total. The van der Waals surface area contributed by atoms with Crippen LogP contribution >= 0.6 is 19.9 Å². The van der Waals surface area contributed by atoms with Gasteiger partial charge in [-0.2, -0.15) is 0 Å². The van der Waals surface area contributed by atoms with E-state index in [4.69, 9.17) is 4.98 Å². The molecule has 1 N–H and O–H groups in total. The number of nitrogens with one attached hydrogen (secondary N) is 1. The van der Waals surface area contributed by atoms with Crippen LogP contribution in [-0.2, 0) is 6.54 Å². The summed E-state index contributed by atoms with van der Waals surface area (Å²) in [5.41, 5.74) is 1.39. The van der Waals surface area contributed by atoms with Gasteiger partial charge in [-0.25, -0.2) is 27.4 Å². The minimum Gasteiger partial charge on any atom is -0.365 e. The predicted molar refractivity (Wildman–Crippen MR) is 129 cm³/mol. The van der Waals surface area contributed by atoms with Crippen molar-refractivity contribution in [3.05, 3.63) is 53.2 Å². The Bertz CT molecular complexity index is 1150. The van der Waals surface area contributed by atoms with Crippen molar-refractivity contribution in [2.45, 2.75) is 38.0 Å². The molecule has 0 radical (unpaired) electrons. The fraction of sp³-hybridized carbons (Fsp3) is 0.435. The smallest absolute Gasteiger partial charge is 0.266 e. The molecular formula is C23H25F3N5PS. The third kappa shape index (κ3) is 5.26. The van der Waals surface area contributed by atoms with Crippen molar-refractivity contribution in [3.8, 4) is 0 Å². The van der Waals surface area contributed by atoms with Crippen molar-refractivity contribution in [2.75, 3.05) is 30.7 Å². The molecule has 0 unspecified atom stereocenters. The Morgan fingerprint density at radius 1 is 1.21 bits per heavy atom. The highest BCUT2D eigenvalue weighted by Gasteiger charge is 2.29. The summed E-state index contributed by atoms with van der Waals surface area (Å²) in [6.45, 7) is 4.01. The molecule has 2 aliphatic rings. The molecule has 2 fully saturated rings. The highest BCUT2D eigenvalue weighted by atomic mass is 32.2. The van der Waals surface area contributed by atoms with Crippen LogP contribution in [0.15, 0.2) is 30.5 Å². The first-order valence-electron chi connectivity index (χ1n) is 11.1. The number of rotatable bonds is 7. The molecule has 0 amide bonds. The van der Waals surface area contributed by atoms with E-state index in [1.54, 1.807) is 13.1 Å². The van der Waals surface area contributed by atoms with Crippen LogP contribution in [0.2, 0.25) is 0 Å². The van der Waals surface area contributed by atoms with Crippen LogP contribution in [0, 0.1) is 12.7 Å². The zero-order chi connectivity index (χ0) is 22.9. The van der Waals surface area contributed by atoms with E-state index in [0.29, 0.717) is 17.2 Å². The standard InChI is InChI=1S/C23H25F3N5PS/c1-14-29-19-13-27-20(32-9-7-31(8-10-32)33-16-5-6-16)11-18(19)23(30-14)28-12-15-3-2-4-17(21(15)24)22(25)26/h2-4,11,13,16,22H,5-10,12H2,1H3,(H,28,29,30). The second kappa shape index (κ2) is 9.72. The van der Waals surface area contributed by atoms with Crippen LogP contribution in [0.1, 0.15) is 36.2 Å². The fourth-order valence-electron chi connectivity index (χ4n) is 3.94. The van der Waals surface area contributed by atoms with Gasteiger partial charge in [0.1, 0.15) is 17.5 Å². The Morgan fingerprint density at radius 3 is 2.73 bits per heavy atom. The second-order valence-corrected chi connectivity index (χ2v) is 12.2. The lowest BCUT2D eigenvalue weighted by Gasteiger charge is -2.31. The summed E-state index contributed by atoms with van der Waals surface area (Å²) in [5.74, 6) is 0.259. The van der Waals surface area contributed by atoms with Gasteiger partial charge >= 0.3 is 0 Å². The van der Waals surface area contributed by atoms with Gasteiger partial charge in [0.15, 0.2) is 0 Å². The Kier molecular flexibility index (Phi) is 6.72. The molecule has 10 heteroatoms. The van der Waals surface area contributed by atoms with E-state index in [1.807, 2.05) is 11.9 Å². The zero-order valence-electron chi connectivity index (χ0n) is 18.3. The zero-order valence-corrected chi connectivity index (χ0v) is 20.0. The summed E-state index contributed by atoms with van der Waals surface area (Å²) in [6, 6.07) is 6.12. The maximum atomic E-state index is 14.5. The van der Waals surface area contributed by atoms with Crippen LogP contribution in [0.4, 0.5) is 19.0 Å². The van der Waals surface area contributed by atoms with E-state index < -0.39 is 17.8 Å². The first-order chi connectivity index (χ1) is 16.0. The number of anilines is 1. The van der Waals surface area contributed by atoms with Gasteiger partial charge in [-0.15, -0.1) is 0 Å². The SMILES string of the molecule is Cc1nc(NCc2cccc(C(F)F)c2F)c2cc(P3CCN(SC4CC4)CC3)ncc2n1.